The quantitative estimate of drug-likeness (QED) is 0.779. The van der Waals surface area contributed by atoms with E-state index in [0.717, 1.165) is 13.0 Å². The first-order valence-corrected chi connectivity index (χ1v) is 7.01. The fourth-order valence-electron chi connectivity index (χ4n) is 2.64. The highest BCUT2D eigenvalue weighted by molar-refractivity contribution is 5.84. The van der Waals surface area contributed by atoms with Gasteiger partial charge in [-0.3, -0.25) is 10.1 Å². The Balaban J connectivity index is 2.71. The number of hydrogen-bond donors (Lipinski definition) is 1. The second kappa shape index (κ2) is 6.53. The Bertz CT molecular complexity index is 266. The first kappa shape index (κ1) is 15.4. The standard InChI is InChI=1S/C14H29N3O/c1-10(2)7-12(8-16(5)6)17-9-15-13(11(3)4)14(17)18/h10-13,15H,7-9H2,1-6H3. The Morgan fingerprint density at radius 3 is 2.33 bits per heavy atom. The maximum Gasteiger partial charge on any atom is 0.241 e. The number of amides is 1. The minimum absolute atomic E-state index is 0.00169. The van der Waals surface area contributed by atoms with Crippen molar-refractivity contribution < 1.29 is 4.79 Å². The van der Waals surface area contributed by atoms with E-state index in [1.165, 1.54) is 0 Å². The molecule has 1 heterocycles. The van der Waals surface area contributed by atoms with Gasteiger partial charge in [-0.2, -0.15) is 0 Å². The van der Waals surface area contributed by atoms with Crippen molar-refractivity contribution in [3.05, 3.63) is 0 Å². The van der Waals surface area contributed by atoms with Crippen molar-refractivity contribution in [3.63, 3.8) is 0 Å². The van der Waals surface area contributed by atoms with Crippen LogP contribution in [-0.2, 0) is 4.79 Å². The molecular weight excluding hydrogens is 226 g/mol. The predicted molar refractivity (Wildman–Crippen MR) is 75.3 cm³/mol. The van der Waals surface area contributed by atoms with Crippen LogP contribution in [0.25, 0.3) is 0 Å². The fourth-order valence-corrected chi connectivity index (χ4v) is 2.64. The van der Waals surface area contributed by atoms with E-state index in [1.54, 1.807) is 0 Å². The van der Waals surface area contributed by atoms with E-state index in [0.29, 0.717) is 24.5 Å². The molecule has 0 aromatic heterocycles. The second-order valence-corrected chi connectivity index (χ2v) is 6.44. The van der Waals surface area contributed by atoms with Crippen LogP contribution in [-0.4, -0.2) is 55.1 Å². The van der Waals surface area contributed by atoms with Crippen LogP contribution in [0.2, 0.25) is 0 Å². The normalized spacial score (nSPS) is 22.6. The minimum atomic E-state index is 0.00169. The molecule has 1 aliphatic heterocycles. The van der Waals surface area contributed by atoms with Gasteiger partial charge in [0.15, 0.2) is 0 Å². The molecule has 1 aliphatic rings. The SMILES string of the molecule is CC(C)CC(CN(C)C)N1CNC(C(C)C)C1=O. The molecule has 4 nitrogen and oxygen atoms in total. The van der Waals surface area contributed by atoms with Gasteiger partial charge in [0.1, 0.15) is 0 Å². The molecule has 1 amide bonds. The van der Waals surface area contributed by atoms with Crippen molar-refractivity contribution in [3.8, 4) is 0 Å². The van der Waals surface area contributed by atoms with Gasteiger partial charge in [-0.1, -0.05) is 27.7 Å². The molecular formula is C14H29N3O. The minimum Gasteiger partial charge on any atom is -0.324 e. The average Bonchev–Trinajstić information content (AvgIpc) is 2.57. The van der Waals surface area contributed by atoms with Crippen LogP contribution in [0.3, 0.4) is 0 Å². The molecule has 0 aliphatic carbocycles. The largest absolute Gasteiger partial charge is 0.324 e. The molecule has 1 N–H and O–H groups in total. The van der Waals surface area contributed by atoms with E-state index in [-0.39, 0.29) is 11.9 Å². The van der Waals surface area contributed by atoms with Crippen LogP contribution >= 0.6 is 0 Å². The highest BCUT2D eigenvalue weighted by Crippen LogP contribution is 2.19. The molecule has 4 heteroatoms. The average molecular weight is 255 g/mol. The zero-order valence-electron chi connectivity index (χ0n) is 12.7. The van der Waals surface area contributed by atoms with E-state index in [4.69, 9.17) is 0 Å². The van der Waals surface area contributed by atoms with Gasteiger partial charge in [0.05, 0.1) is 12.7 Å². The summed E-state index contributed by atoms with van der Waals surface area (Å²) in [6.07, 6.45) is 1.07. The summed E-state index contributed by atoms with van der Waals surface area (Å²) in [4.78, 5) is 16.6. The summed E-state index contributed by atoms with van der Waals surface area (Å²) >= 11 is 0. The lowest BCUT2D eigenvalue weighted by Crippen LogP contribution is -2.45. The predicted octanol–water partition coefficient (Wildman–Crippen LogP) is 1.38. The van der Waals surface area contributed by atoms with Crippen LogP contribution in [0.5, 0.6) is 0 Å². The third-order valence-corrected chi connectivity index (χ3v) is 3.46. The van der Waals surface area contributed by atoms with Crippen molar-refractivity contribution in [1.29, 1.82) is 0 Å². The van der Waals surface area contributed by atoms with Crippen molar-refractivity contribution in [2.24, 2.45) is 11.8 Å². The van der Waals surface area contributed by atoms with Crippen molar-refractivity contribution in [1.82, 2.24) is 15.1 Å². The van der Waals surface area contributed by atoms with E-state index in [9.17, 15) is 4.79 Å². The second-order valence-electron chi connectivity index (χ2n) is 6.44. The van der Waals surface area contributed by atoms with Crippen molar-refractivity contribution in [2.75, 3.05) is 27.3 Å². The maximum atomic E-state index is 12.4. The number of hydrogen-bond acceptors (Lipinski definition) is 3. The number of rotatable bonds is 6. The molecule has 0 spiro atoms. The first-order chi connectivity index (χ1) is 8.32. The van der Waals surface area contributed by atoms with E-state index >= 15 is 0 Å². The molecule has 2 atom stereocenters. The number of carbonyl (C=O) groups excluding carboxylic acids is 1. The molecule has 0 aromatic carbocycles. The third kappa shape index (κ3) is 3.95. The Morgan fingerprint density at radius 2 is 1.94 bits per heavy atom. The smallest absolute Gasteiger partial charge is 0.241 e. The summed E-state index contributed by atoms with van der Waals surface area (Å²) in [6, 6.07) is 0.325. The summed E-state index contributed by atoms with van der Waals surface area (Å²) in [5.41, 5.74) is 0. The monoisotopic (exact) mass is 255 g/mol. The first-order valence-electron chi connectivity index (χ1n) is 7.01. The van der Waals surface area contributed by atoms with Crippen molar-refractivity contribution in [2.45, 2.75) is 46.2 Å². The molecule has 106 valence electrons. The van der Waals surface area contributed by atoms with E-state index < -0.39 is 0 Å². The van der Waals surface area contributed by atoms with Gasteiger partial charge in [0.2, 0.25) is 5.91 Å². The summed E-state index contributed by atoms with van der Waals surface area (Å²) < 4.78 is 0. The van der Waals surface area contributed by atoms with Gasteiger partial charge in [0, 0.05) is 12.6 Å². The topological polar surface area (TPSA) is 35.6 Å². The Kier molecular flexibility index (Phi) is 5.60. The number of likely N-dealkylation sites (N-methyl/N-ethyl adjacent to an activating group) is 1. The number of carbonyl (C=O) groups is 1. The van der Waals surface area contributed by atoms with Gasteiger partial charge in [0.25, 0.3) is 0 Å². The summed E-state index contributed by atoms with van der Waals surface area (Å²) in [5.74, 6) is 1.25. The van der Waals surface area contributed by atoms with Gasteiger partial charge in [-0.05, 0) is 32.4 Å². The Labute approximate surface area is 112 Å². The molecule has 0 saturated carbocycles. The van der Waals surface area contributed by atoms with Crippen LogP contribution in [0.4, 0.5) is 0 Å². The number of nitrogens with zero attached hydrogens (tertiary/aromatic N) is 2. The van der Waals surface area contributed by atoms with Crippen molar-refractivity contribution >= 4 is 5.91 Å². The lowest BCUT2D eigenvalue weighted by molar-refractivity contribution is -0.132. The summed E-state index contributed by atoms with van der Waals surface area (Å²) in [5, 5.41) is 3.34. The number of nitrogens with one attached hydrogen (secondary N) is 1. The fraction of sp³-hybridized carbons (Fsp3) is 0.929. The Morgan fingerprint density at radius 1 is 1.33 bits per heavy atom. The van der Waals surface area contributed by atoms with E-state index in [2.05, 4.69) is 52.0 Å². The highest BCUT2D eigenvalue weighted by Gasteiger charge is 2.37. The summed E-state index contributed by atoms with van der Waals surface area (Å²) in [7, 11) is 4.14. The molecule has 18 heavy (non-hydrogen) atoms. The van der Waals surface area contributed by atoms with Crippen LogP contribution < -0.4 is 5.32 Å². The molecule has 0 bridgehead atoms. The zero-order valence-corrected chi connectivity index (χ0v) is 12.7. The maximum absolute atomic E-state index is 12.4. The van der Waals surface area contributed by atoms with Crippen LogP contribution in [0.1, 0.15) is 34.1 Å². The summed E-state index contributed by atoms with van der Waals surface area (Å²) in [6.45, 7) is 10.3. The van der Waals surface area contributed by atoms with Crippen LogP contribution in [0, 0.1) is 11.8 Å². The molecule has 2 unspecified atom stereocenters. The van der Waals surface area contributed by atoms with Gasteiger partial charge in [-0.15, -0.1) is 0 Å². The zero-order chi connectivity index (χ0) is 13.9. The third-order valence-electron chi connectivity index (χ3n) is 3.46. The van der Waals surface area contributed by atoms with Gasteiger partial charge in [-0.25, -0.2) is 0 Å². The molecule has 1 rings (SSSR count). The Hall–Kier alpha value is -0.610. The molecule has 0 aromatic rings. The van der Waals surface area contributed by atoms with Gasteiger partial charge < -0.3 is 9.80 Å². The van der Waals surface area contributed by atoms with E-state index in [1.807, 2.05) is 4.90 Å². The molecule has 1 fully saturated rings. The van der Waals surface area contributed by atoms with Gasteiger partial charge >= 0.3 is 0 Å². The molecule has 0 radical (unpaired) electrons. The lowest BCUT2D eigenvalue weighted by atomic mass is 10.0. The molecule has 1 saturated heterocycles. The van der Waals surface area contributed by atoms with Crippen LogP contribution in [0.15, 0.2) is 0 Å². The highest BCUT2D eigenvalue weighted by atomic mass is 16.2. The lowest BCUT2D eigenvalue weighted by Gasteiger charge is -2.31.